The number of benzene rings is 2. The van der Waals surface area contributed by atoms with Gasteiger partial charge in [0.15, 0.2) is 0 Å². The number of hydrogen-bond donors (Lipinski definition) is 3. The topological polar surface area (TPSA) is 69.6 Å². The molecule has 3 N–H and O–H groups in total. The van der Waals surface area contributed by atoms with Crippen LogP contribution >= 0.6 is 0 Å². The first-order chi connectivity index (χ1) is 13.8. The second kappa shape index (κ2) is 11.1. The molecule has 1 aliphatic rings. The summed E-state index contributed by atoms with van der Waals surface area (Å²) < 4.78 is 0. The summed E-state index contributed by atoms with van der Waals surface area (Å²) in [6, 6.07) is 18.4. The van der Waals surface area contributed by atoms with E-state index in [1.54, 1.807) is 11.1 Å². The molecule has 0 aromatic heterocycles. The van der Waals surface area contributed by atoms with Crippen LogP contribution in [0.5, 0.6) is 0 Å². The van der Waals surface area contributed by atoms with E-state index < -0.39 is 11.8 Å². The maximum absolute atomic E-state index is 12.2. The van der Waals surface area contributed by atoms with Crippen molar-refractivity contribution in [2.75, 3.05) is 0 Å². The van der Waals surface area contributed by atoms with Gasteiger partial charge >= 0.3 is 0 Å². The van der Waals surface area contributed by atoms with E-state index in [-0.39, 0.29) is 11.8 Å². The number of amides is 1. The molecule has 0 saturated carbocycles. The summed E-state index contributed by atoms with van der Waals surface area (Å²) in [7, 11) is 0. The van der Waals surface area contributed by atoms with Gasteiger partial charge in [-0.1, -0.05) is 61.5 Å². The van der Waals surface area contributed by atoms with Crippen molar-refractivity contribution in [3.8, 4) is 0 Å². The Labute approximate surface area is 175 Å². The fourth-order valence-electron chi connectivity index (χ4n) is 3.59. The van der Waals surface area contributed by atoms with E-state index in [4.69, 9.17) is 0 Å². The summed E-state index contributed by atoms with van der Waals surface area (Å²) in [4.78, 5) is 12.2. The molecule has 0 bridgehead atoms. The van der Waals surface area contributed by atoms with Crippen molar-refractivity contribution in [1.82, 2.24) is 5.32 Å². The number of aliphatic hydroxyl groups is 2. The highest BCUT2D eigenvalue weighted by Crippen LogP contribution is 2.20. The first-order valence-corrected chi connectivity index (χ1v) is 10.6. The SMILES string of the molecule is CCC(O)C[C@@H](Cc1ccccc1)C(=O)NC(C)(C)O.c1ccc2c(c1)CCC2. The van der Waals surface area contributed by atoms with Crippen LogP contribution in [0.1, 0.15) is 56.7 Å². The van der Waals surface area contributed by atoms with Crippen LogP contribution in [0.3, 0.4) is 0 Å². The fraction of sp³-hybridized carbons (Fsp3) is 0.480. The van der Waals surface area contributed by atoms with Gasteiger partial charge in [0.1, 0.15) is 5.72 Å². The molecule has 1 amide bonds. The number of carbonyl (C=O) groups excluding carboxylic acids is 1. The van der Waals surface area contributed by atoms with Crippen LogP contribution in [-0.2, 0) is 24.1 Å². The number of hydrogen-bond acceptors (Lipinski definition) is 3. The molecule has 1 unspecified atom stereocenters. The van der Waals surface area contributed by atoms with Gasteiger partial charge in [-0.05, 0) is 69.1 Å². The second-order valence-corrected chi connectivity index (χ2v) is 8.35. The van der Waals surface area contributed by atoms with Crippen LogP contribution < -0.4 is 5.32 Å². The molecule has 4 nitrogen and oxygen atoms in total. The van der Waals surface area contributed by atoms with Gasteiger partial charge in [-0.3, -0.25) is 4.79 Å². The standard InChI is InChI=1S/C16H25NO3.C9H10/c1-4-14(18)11-13(15(19)17-16(2,3)20)10-12-8-6-5-7-9-12;1-2-5-9-7-3-6-8(9)4-1/h5-9,13-14,18,20H,4,10-11H2,1-3H3,(H,17,19);1-2,4-5H,3,6-7H2/t13-,14?;/m1./s1. The predicted octanol–water partition coefficient (Wildman–Crippen LogP) is 4.03. The van der Waals surface area contributed by atoms with E-state index in [1.807, 2.05) is 37.3 Å². The monoisotopic (exact) mass is 397 g/mol. The van der Waals surface area contributed by atoms with Crippen molar-refractivity contribution in [3.63, 3.8) is 0 Å². The van der Waals surface area contributed by atoms with Gasteiger partial charge in [0, 0.05) is 5.92 Å². The van der Waals surface area contributed by atoms with Crippen LogP contribution in [-0.4, -0.2) is 27.9 Å². The molecule has 0 saturated heterocycles. The summed E-state index contributed by atoms with van der Waals surface area (Å²) in [5.74, 6) is -0.576. The summed E-state index contributed by atoms with van der Waals surface area (Å²) >= 11 is 0. The Morgan fingerprint density at radius 2 is 1.59 bits per heavy atom. The Balaban J connectivity index is 0.000000272. The molecule has 3 rings (SSSR count). The first-order valence-electron chi connectivity index (χ1n) is 10.6. The lowest BCUT2D eigenvalue weighted by atomic mass is 9.91. The van der Waals surface area contributed by atoms with Crippen LogP contribution in [0, 0.1) is 5.92 Å². The Bertz CT molecular complexity index is 729. The van der Waals surface area contributed by atoms with Crippen molar-refractivity contribution in [2.45, 2.75) is 71.1 Å². The van der Waals surface area contributed by atoms with E-state index in [1.165, 1.54) is 33.1 Å². The average molecular weight is 398 g/mol. The minimum Gasteiger partial charge on any atom is -0.393 e. The van der Waals surface area contributed by atoms with Gasteiger partial charge in [-0.15, -0.1) is 0 Å². The zero-order valence-electron chi connectivity index (χ0n) is 17.9. The van der Waals surface area contributed by atoms with Crippen molar-refractivity contribution < 1.29 is 15.0 Å². The van der Waals surface area contributed by atoms with Gasteiger partial charge in [0.25, 0.3) is 0 Å². The third-order valence-electron chi connectivity index (χ3n) is 5.16. The van der Waals surface area contributed by atoms with Crippen LogP contribution in [0.15, 0.2) is 54.6 Å². The molecule has 2 aromatic rings. The van der Waals surface area contributed by atoms with Crippen LogP contribution in [0.25, 0.3) is 0 Å². The Morgan fingerprint density at radius 1 is 1.03 bits per heavy atom. The largest absolute Gasteiger partial charge is 0.393 e. The van der Waals surface area contributed by atoms with E-state index in [0.29, 0.717) is 19.3 Å². The average Bonchev–Trinajstić information content (AvgIpc) is 3.16. The molecular weight excluding hydrogens is 362 g/mol. The number of nitrogens with one attached hydrogen (secondary N) is 1. The predicted molar refractivity (Wildman–Crippen MR) is 117 cm³/mol. The molecule has 0 fully saturated rings. The number of carbonyl (C=O) groups is 1. The number of aryl methyl sites for hydroxylation is 2. The first kappa shape index (κ1) is 23.1. The third kappa shape index (κ3) is 8.38. The lowest BCUT2D eigenvalue weighted by Gasteiger charge is -2.25. The normalized spacial score (nSPS) is 14.9. The maximum Gasteiger partial charge on any atom is 0.225 e. The van der Waals surface area contributed by atoms with Gasteiger partial charge < -0.3 is 15.5 Å². The Morgan fingerprint density at radius 3 is 2.10 bits per heavy atom. The molecular formula is C25H35NO3. The van der Waals surface area contributed by atoms with Gasteiger partial charge in [-0.25, -0.2) is 0 Å². The summed E-state index contributed by atoms with van der Waals surface area (Å²) in [5.41, 5.74) is 2.94. The number of aliphatic hydroxyl groups excluding tert-OH is 1. The second-order valence-electron chi connectivity index (χ2n) is 8.35. The zero-order chi connectivity index (χ0) is 21.3. The van der Waals surface area contributed by atoms with Gasteiger partial charge in [0.2, 0.25) is 5.91 Å². The molecule has 0 aliphatic heterocycles. The van der Waals surface area contributed by atoms with E-state index in [0.717, 1.165) is 5.56 Å². The van der Waals surface area contributed by atoms with Crippen LogP contribution in [0.2, 0.25) is 0 Å². The number of rotatable bonds is 7. The van der Waals surface area contributed by atoms with E-state index in [2.05, 4.69) is 29.6 Å². The van der Waals surface area contributed by atoms with Crippen LogP contribution in [0.4, 0.5) is 0 Å². The molecule has 4 heteroatoms. The molecule has 2 aromatic carbocycles. The van der Waals surface area contributed by atoms with E-state index in [9.17, 15) is 15.0 Å². The summed E-state index contributed by atoms with van der Waals surface area (Å²) in [5, 5.41) is 22.1. The minimum absolute atomic E-state index is 0.228. The molecule has 0 spiro atoms. The number of fused-ring (bicyclic) bond motifs is 1. The van der Waals surface area contributed by atoms with Gasteiger partial charge in [-0.2, -0.15) is 0 Å². The highest BCUT2D eigenvalue weighted by Gasteiger charge is 2.26. The lowest BCUT2D eigenvalue weighted by molar-refractivity contribution is -0.132. The van der Waals surface area contributed by atoms with Crippen molar-refractivity contribution in [3.05, 3.63) is 71.3 Å². The molecule has 158 valence electrons. The Kier molecular flexibility index (Phi) is 8.87. The molecule has 29 heavy (non-hydrogen) atoms. The quantitative estimate of drug-likeness (QED) is 0.618. The third-order valence-corrected chi connectivity index (χ3v) is 5.16. The van der Waals surface area contributed by atoms with Crippen molar-refractivity contribution in [2.24, 2.45) is 5.92 Å². The smallest absolute Gasteiger partial charge is 0.225 e. The van der Waals surface area contributed by atoms with Crippen molar-refractivity contribution >= 4 is 5.91 Å². The molecule has 1 aliphatic carbocycles. The fourth-order valence-corrected chi connectivity index (χ4v) is 3.59. The van der Waals surface area contributed by atoms with Crippen molar-refractivity contribution in [1.29, 1.82) is 0 Å². The highest BCUT2D eigenvalue weighted by molar-refractivity contribution is 5.79. The molecule has 0 radical (unpaired) electrons. The summed E-state index contributed by atoms with van der Waals surface area (Å²) in [6.07, 6.45) is 5.02. The highest BCUT2D eigenvalue weighted by atomic mass is 16.3. The lowest BCUT2D eigenvalue weighted by Crippen LogP contribution is -2.47. The van der Waals surface area contributed by atoms with Gasteiger partial charge in [0.05, 0.1) is 6.10 Å². The molecule has 0 heterocycles. The molecule has 2 atom stereocenters. The zero-order valence-corrected chi connectivity index (χ0v) is 17.9. The Hall–Kier alpha value is -2.17. The minimum atomic E-state index is -1.25. The summed E-state index contributed by atoms with van der Waals surface area (Å²) in [6.45, 7) is 4.94. The maximum atomic E-state index is 12.2. The van der Waals surface area contributed by atoms with E-state index >= 15 is 0 Å².